The van der Waals surface area contributed by atoms with Crippen molar-refractivity contribution in [3.05, 3.63) is 76.3 Å². The van der Waals surface area contributed by atoms with Gasteiger partial charge in [-0.15, -0.1) is 0 Å². The van der Waals surface area contributed by atoms with Gasteiger partial charge in [-0.25, -0.2) is 0 Å². The molecule has 106 valence electrons. The molecule has 1 N–H and O–H groups in total. The zero-order valence-electron chi connectivity index (χ0n) is 12.0. The van der Waals surface area contributed by atoms with Crippen molar-refractivity contribution in [1.29, 1.82) is 0 Å². The number of hydrogen-bond acceptors (Lipinski definition) is 1. The van der Waals surface area contributed by atoms with Crippen molar-refractivity contribution < 1.29 is 0 Å². The predicted octanol–water partition coefficient (Wildman–Crippen LogP) is 5.47. The van der Waals surface area contributed by atoms with Crippen molar-refractivity contribution in [3.63, 3.8) is 0 Å². The molecule has 0 unspecified atom stereocenters. The van der Waals surface area contributed by atoms with Crippen molar-refractivity contribution in [3.8, 4) is 0 Å². The third-order valence-corrected chi connectivity index (χ3v) is 5.16. The maximum atomic E-state index is 6.50. The van der Waals surface area contributed by atoms with E-state index in [0.29, 0.717) is 17.9 Å². The van der Waals surface area contributed by atoms with Crippen molar-refractivity contribution >= 4 is 17.3 Å². The highest BCUT2D eigenvalue weighted by Gasteiger charge is 2.39. The molecule has 2 aromatic rings. The summed E-state index contributed by atoms with van der Waals surface area (Å²) in [5.74, 6) is 0.984. The fourth-order valence-electron chi connectivity index (χ4n) is 3.80. The lowest BCUT2D eigenvalue weighted by Gasteiger charge is -2.38. The summed E-state index contributed by atoms with van der Waals surface area (Å²) in [5, 5.41) is 4.65. The lowest BCUT2D eigenvalue weighted by Crippen LogP contribution is -2.29. The Labute approximate surface area is 130 Å². The molecule has 2 aromatic carbocycles. The lowest BCUT2D eigenvalue weighted by molar-refractivity contribution is 0.425. The Balaban J connectivity index is 1.86. The van der Waals surface area contributed by atoms with Crippen molar-refractivity contribution in [1.82, 2.24) is 0 Å². The minimum absolute atomic E-state index is 0.357. The van der Waals surface area contributed by atoms with Crippen LogP contribution in [0.1, 0.15) is 35.1 Å². The molecule has 2 heteroatoms. The monoisotopic (exact) mass is 295 g/mol. The number of benzene rings is 2. The van der Waals surface area contributed by atoms with Crippen LogP contribution in [0.5, 0.6) is 0 Å². The Morgan fingerprint density at radius 2 is 1.90 bits per heavy atom. The minimum atomic E-state index is 0.357. The van der Waals surface area contributed by atoms with Crippen LogP contribution in [0.15, 0.2) is 54.6 Å². The first-order valence-electron chi connectivity index (χ1n) is 7.53. The molecule has 0 amide bonds. The summed E-state index contributed by atoms with van der Waals surface area (Å²) < 4.78 is 0. The molecule has 0 bridgehead atoms. The summed E-state index contributed by atoms with van der Waals surface area (Å²) in [6.07, 6.45) is 5.76. The van der Waals surface area contributed by atoms with Crippen molar-refractivity contribution in [2.45, 2.75) is 25.3 Å². The van der Waals surface area contributed by atoms with Crippen LogP contribution >= 0.6 is 11.6 Å². The molecule has 21 heavy (non-hydrogen) atoms. The van der Waals surface area contributed by atoms with Crippen LogP contribution in [-0.2, 0) is 0 Å². The van der Waals surface area contributed by atoms with Gasteiger partial charge in [0.15, 0.2) is 0 Å². The van der Waals surface area contributed by atoms with E-state index in [1.807, 2.05) is 6.07 Å². The Morgan fingerprint density at radius 3 is 2.71 bits per heavy atom. The molecule has 0 spiro atoms. The first-order chi connectivity index (χ1) is 10.3. The van der Waals surface area contributed by atoms with E-state index in [4.69, 9.17) is 11.6 Å². The molecular weight excluding hydrogens is 278 g/mol. The summed E-state index contributed by atoms with van der Waals surface area (Å²) in [4.78, 5) is 0. The summed E-state index contributed by atoms with van der Waals surface area (Å²) in [6.45, 7) is 2.16. The van der Waals surface area contributed by atoms with E-state index < -0.39 is 0 Å². The number of anilines is 1. The Morgan fingerprint density at radius 1 is 1.10 bits per heavy atom. The molecule has 4 rings (SSSR count). The fourth-order valence-corrected chi connectivity index (χ4v) is 4.08. The summed E-state index contributed by atoms with van der Waals surface area (Å²) >= 11 is 6.50. The van der Waals surface area contributed by atoms with Crippen LogP contribution in [0.4, 0.5) is 5.69 Å². The largest absolute Gasteiger partial charge is 0.377 e. The highest BCUT2D eigenvalue weighted by molar-refractivity contribution is 6.32. The maximum Gasteiger partial charge on any atom is 0.0554 e. The molecule has 2 aliphatic rings. The van der Waals surface area contributed by atoms with Gasteiger partial charge in [0.05, 0.1) is 6.04 Å². The Kier molecular flexibility index (Phi) is 3.04. The van der Waals surface area contributed by atoms with Crippen LogP contribution in [-0.4, -0.2) is 0 Å². The van der Waals surface area contributed by atoms with Gasteiger partial charge in [0, 0.05) is 22.2 Å². The third kappa shape index (κ3) is 1.99. The van der Waals surface area contributed by atoms with Gasteiger partial charge in [-0.3, -0.25) is 0 Å². The molecule has 1 heterocycles. The maximum absolute atomic E-state index is 6.50. The van der Waals surface area contributed by atoms with Gasteiger partial charge in [-0.05, 0) is 36.5 Å². The number of aryl methyl sites for hydroxylation is 1. The summed E-state index contributed by atoms with van der Waals surface area (Å²) in [7, 11) is 0. The fraction of sp³-hybridized carbons (Fsp3) is 0.263. The number of rotatable bonds is 1. The normalized spacial score (nSPS) is 26.1. The molecule has 0 aromatic heterocycles. The molecule has 1 nitrogen and oxygen atoms in total. The van der Waals surface area contributed by atoms with Gasteiger partial charge in [0.2, 0.25) is 0 Å². The van der Waals surface area contributed by atoms with Gasteiger partial charge in [0.25, 0.3) is 0 Å². The minimum Gasteiger partial charge on any atom is -0.377 e. The SMILES string of the molecule is Cc1ccc(Cl)c2c1N[C@H](c1ccccc1)[C@H]1CC=C[C@@H]21. The second-order valence-corrected chi connectivity index (χ2v) is 6.45. The molecule has 0 radical (unpaired) electrons. The molecular formula is C19H18ClN. The molecule has 0 saturated carbocycles. The highest BCUT2D eigenvalue weighted by Crippen LogP contribution is 2.52. The quantitative estimate of drug-likeness (QED) is 0.687. The average molecular weight is 296 g/mol. The molecule has 0 fully saturated rings. The number of nitrogens with one attached hydrogen (secondary N) is 1. The van der Waals surface area contributed by atoms with E-state index in [9.17, 15) is 0 Å². The third-order valence-electron chi connectivity index (χ3n) is 4.83. The standard InChI is InChI=1S/C19H18ClN/c1-12-10-11-16(20)17-14-8-5-9-15(14)19(21-18(12)17)13-6-3-2-4-7-13/h2-8,10-11,14-15,19,21H,9H2,1H3/t14-,15+,19-/m1/s1. The van der Waals surface area contributed by atoms with Crippen molar-refractivity contribution in [2.75, 3.05) is 5.32 Å². The summed E-state index contributed by atoms with van der Waals surface area (Å²) in [6, 6.07) is 15.3. The zero-order valence-corrected chi connectivity index (χ0v) is 12.8. The highest BCUT2D eigenvalue weighted by atomic mass is 35.5. The second kappa shape index (κ2) is 4.92. The lowest BCUT2D eigenvalue weighted by atomic mass is 9.76. The second-order valence-electron chi connectivity index (χ2n) is 6.04. The van der Waals surface area contributed by atoms with E-state index >= 15 is 0 Å². The van der Waals surface area contributed by atoms with E-state index in [1.165, 1.54) is 22.4 Å². The molecule has 3 atom stereocenters. The average Bonchev–Trinajstić information content (AvgIpc) is 3.00. The van der Waals surface area contributed by atoms with E-state index in [-0.39, 0.29) is 0 Å². The van der Waals surface area contributed by atoms with Gasteiger partial charge in [0.1, 0.15) is 0 Å². The van der Waals surface area contributed by atoms with E-state index in [0.717, 1.165) is 11.4 Å². The van der Waals surface area contributed by atoms with Gasteiger partial charge in [-0.1, -0.05) is 60.2 Å². The number of hydrogen-bond donors (Lipinski definition) is 1. The number of allylic oxidation sites excluding steroid dienone is 2. The van der Waals surface area contributed by atoms with Crippen molar-refractivity contribution in [2.24, 2.45) is 5.92 Å². The number of fused-ring (bicyclic) bond motifs is 3. The smallest absolute Gasteiger partial charge is 0.0554 e. The first-order valence-corrected chi connectivity index (χ1v) is 7.90. The van der Waals surface area contributed by atoms with E-state index in [2.05, 4.69) is 60.8 Å². The van der Waals surface area contributed by atoms with Gasteiger partial charge in [-0.2, -0.15) is 0 Å². The van der Waals surface area contributed by atoms with E-state index in [1.54, 1.807) is 0 Å². The topological polar surface area (TPSA) is 12.0 Å². The van der Waals surface area contributed by atoms with Crippen LogP contribution in [0, 0.1) is 12.8 Å². The molecule has 1 aliphatic heterocycles. The predicted molar refractivity (Wildman–Crippen MR) is 89.0 cm³/mol. The van der Waals surface area contributed by atoms with Gasteiger partial charge >= 0.3 is 0 Å². The Hall–Kier alpha value is -1.73. The summed E-state index contributed by atoms with van der Waals surface area (Å²) in [5.41, 5.74) is 5.14. The van der Waals surface area contributed by atoms with Crippen LogP contribution < -0.4 is 5.32 Å². The zero-order chi connectivity index (χ0) is 14.4. The number of halogens is 1. The van der Waals surface area contributed by atoms with Crippen LogP contribution in [0.2, 0.25) is 5.02 Å². The molecule has 0 saturated heterocycles. The first kappa shape index (κ1) is 13.0. The molecule has 1 aliphatic carbocycles. The van der Waals surface area contributed by atoms with Gasteiger partial charge < -0.3 is 5.32 Å². The van der Waals surface area contributed by atoms with Crippen LogP contribution in [0.3, 0.4) is 0 Å². The Bertz CT molecular complexity index is 705. The van der Waals surface area contributed by atoms with Crippen LogP contribution in [0.25, 0.3) is 0 Å².